The summed E-state index contributed by atoms with van der Waals surface area (Å²) < 4.78 is 5.02. The highest BCUT2D eigenvalue weighted by Crippen LogP contribution is 2.45. The van der Waals surface area contributed by atoms with Crippen molar-refractivity contribution in [1.82, 2.24) is 5.32 Å². The highest BCUT2D eigenvalue weighted by Gasteiger charge is 2.41. The van der Waals surface area contributed by atoms with Gasteiger partial charge >= 0.3 is 5.97 Å². The van der Waals surface area contributed by atoms with Gasteiger partial charge in [-0.05, 0) is 57.2 Å². The van der Waals surface area contributed by atoms with Crippen LogP contribution in [0.5, 0.6) is 0 Å². The molecule has 0 aromatic carbocycles. The molecule has 0 radical (unpaired) electrons. The third-order valence-electron chi connectivity index (χ3n) is 4.41. The number of fused-ring (bicyclic) bond motifs is 1. The van der Waals surface area contributed by atoms with Crippen molar-refractivity contribution in [2.45, 2.75) is 45.2 Å². The van der Waals surface area contributed by atoms with E-state index in [1.54, 1.807) is 17.4 Å². The minimum absolute atomic E-state index is 0.166. The van der Waals surface area contributed by atoms with Crippen LogP contribution in [0.15, 0.2) is 23.6 Å². The molecule has 5 nitrogen and oxygen atoms in total. The Bertz CT molecular complexity index is 893. The number of rotatable bonds is 4. The fourth-order valence-corrected chi connectivity index (χ4v) is 5.52. The summed E-state index contributed by atoms with van der Waals surface area (Å²) in [6.07, 6.45) is 3.94. The minimum Gasteiger partial charge on any atom is -0.465 e. The Kier molecular flexibility index (Phi) is 5.29. The fraction of sp³-hybridized carbons (Fsp3) is 0.400. The molecule has 0 bridgehead atoms. The maximum atomic E-state index is 12.5. The fourth-order valence-electron chi connectivity index (χ4n) is 3.63. The molecule has 3 heterocycles. The lowest BCUT2D eigenvalue weighted by Crippen LogP contribution is -2.55. The number of nitrogens with one attached hydrogen (secondary N) is 2. The normalized spacial score (nSPS) is 17.5. The molecule has 2 N–H and O–H groups in total. The molecule has 7 heteroatoms. The molecule has 3 rings (SSSR count). The maximum Gasteiger partial charge on any atom is 0.341 e. The van der Waals surface area contributed by atoms with E-state index >= 15 is 0 Å². The number of methoxy groups -OCH3 is 1. The first kappa shape index (κ1) is 19.8. The van der Waals surface area contributed by atoms with E-state index in [0.717, 1.165) is 15.3 Å². The van der Waals surface area contributed by atoms with Gasteiger partial charge in [0, 0.05) is 26.9 Å². The van der Waals surface area contributed by atoms with Gasteiger partial charge in [0.1, 0.15) is 5.00 Å². The first-order chi connectivity index (χ1) is 12.6. The van der Waals surface area contributed by atoms with Gasteiger partial charge in [-0.3, -0.25) is 4.79 Å². The summed E-state index contributed by atoms with van der Waals surface area (Å²) >= 11 is 3.00. The number of ether oxygens (including phenoxy) is 1. The van der Waals surface area contributed by atoms with Crippen molar-refractivity contribution >= 4 is 45.6 Å². The number of thiophene rings is 2. The molecule has 0 unspecified atom stereocenters. The molecule has 0 saturated heterocycles. The van der Waals surface area contributed by atoms with Crippen LogP contribution in [0.3, 0.4) is 0 Å². The molecule has 0 spiro atoms. The van der Waals surface area contributed by atoms with Crippen LogP contribution in [-0.2, 0) is 21.5 Å². The first-order valence-electron chi connectivity index (χ1n) is 8.69. The van der Waals surface area contributed by atoms with Crippen LogP contribution in [0.25, 0.3) is 6.08 Å². The van der Waals surface area contributed by atoms with Crippen LogP contribution < -0.4 is 10.6 Å². The summed E-state index contributed by atoms with van der Waals surface area (Å²) in [7, 11) is 1.37. The molecular weight excluding hydrogens is 380 g/mol. The Morgan fingerprint density at radius 3 is 2.67 bits per heavy atom. The van der Waals surface area contributed by atoms with Crippen molar-refractivity contribution < 1.29 is 14.3 Å². The average molecular weight is 405 g/mol. The molecule has 0 fully saturated rings. The predicted molar refractivity (Wildman–Crippen MR) is 112 cm³/mol. The lowest BCUT2D eigenvalue weighted by Gasteiger charge is -2.42. The summed E-state index contributed by atoms with van der Waals surface area (Å²) in [5.41, 5.74) is 0.956. The van der Waals surface area contributed by atoms with E-state index in [1.165, 1.54) is 24.5 Å². The summed E-state index contributed by atoms with van der Waals surface area (Å²) in [6.45, 7) is 8.40. The van der Waals surface area contributed by atoms with Crippen molar-refractivity contribution in [1.29, 1.82) is 0 Å². The Hall–Kier alpha value is -1.96. The van der Waals surface area contributed by atoms with Gasteiger partial charge in [-0.15, -0.1) is 22.7 Å². The number of hydrogen-bond acceptors (Lipinski definition) is 6. The number of amides is 1. The molecule has 144 valence electrons. The Morgan fingerprint density at radius 2 is 2.04 bits per heavy atom. The second-order valence-electron chi connectivity index (χ2n) is 7.75. The van der Waals surface area contributed by atoms with Crippen molar-refractivity contribution in [2.75, 3.05) is 12.4 Å². The van der Waals surface area contributed by atoms with Crippen LogP contribution in [-0.4, -0.2) is 24.5 Å². The number of carbonyl (C=O) groups excluding carboxylic acids is 2. The quantitative estimate of drug-likeness (QED) is 0.585. The first-order valence-corrected chi connectivity index (χ1v) is 10.4. The summed E-state index contributed by atoms with van der Waals surface area (Å²) in [4.78, 5) is 27.0. The molecule has 0 atom stereocenters. The Balaban J connectivity index is 1.97. The predicted octanol–water partition coefficient (Wildman–Crippen LogP) is 4.41. The zero-order valence-corrected chi connectivity index (χ0v) is 17.8. The van der Waals surface area contributed by atoms with Gasteiger partial charge in [-0.1, -0.05) is 6.07 Å². The monoisotopic (exact) mass is 404 g/mol. The molecule has 27 heavy (non-hydrogen) atoms. The van der Waals surface area contributed by atoms with Crippen LogP contribution in [0, 0.1) is 0 Å². The van der Waals surface area contributed by atoms with Crippen LogP contribution >= 0.6 is 22.7 Å². The SMILES string of the molecule is COC(=O)c1c(NC(=O)C=Cc2cccs2)sc2c1CC(C)(C)NC2(C)C. The number of anilines is 1. The van der Waals surface area contributed by atoms with E-state index in [1.807, 2.05) is 17.5 Å². The van der Waals surface area contributed by atoms with Crippen molar-refractivity contribution in [3.05, 3.63) is 44.5 Å². The largest absolute Gasteiger partial charge is 0.465 e. The highest BCUT2D eigenvalue weighted by molar-refractivity contribution is 7.17. The van der Waals surface area contributed by atoms with Crippen molar-refractivity contribution in [3.63, 3.8) is 0 Å². The van der Waals surface area contributed by atoms with Gasteiger partial charge in [-0.2, -0.15) is 0 Å². The van der Waals surface area contributed by atoms with Crippen LogP contribution in [0.1, 0.15) is 53.4 Å². The molecule has 2 aromatic heterocycles. The van der Waals surface area contributed by atoms with Crippen LogP contribution in [0.4, 0.5) is 5.00 Å². The molecule has 1 aliphatic heterocycles. The van der Waals surface area contributed by atoms with Crippen LogP contribution in [0.2, 0.25) is 0 Å². The third kappa shape index (κ3) is 4.15. The zero-order chi connectivity index (χ0) is 19.8. The van der Waals surface area contributed by atoms with Gasteiger partial charge in [-0.25, -0.2) is 4.79 Å². The Labute approximate surface area is 167 Å². The summed E-state index contributed by atoms with van der Waals surface area (Å²) in [5, 5.41) is 8.99. The van der Waals surface area contributed by atoms with E-state index in [0.29, 0.717) is 17.0 Å². The molecule has 1 aliphatic rings. The zero-order valence-electron chi connectivity index (χ0n) is 16.1. The highest BCUT2D eigenvalue weighted by atomic mass is 32.1. The third-order valence-corrected chi connectivity index (χ3v) is 6.72. The van der Waals surface area contributed by atoms with E-state index < -0.39 is 5.97 Å². The summed E-state index contributed by atoms with van der Waals surface area (Å²) in [6, 6.07) is 3.87. The molecule has 2 aromatic rings. The number of hydrogen-bond donors (Lipinski definition) is 2. The average Bonchev–Trinajstić information content (AvgIpc) is 3.18. The summed E-state index contributed by atoms with van der Waals surface area (Å²) in [5.74, 6) is -0.685. The Morgan fingerprint density at radius 1 is 1.30 bits per heavy atom. The minimum atomic E-state index is -0.418. The van der Waals surface area contributed by atoms with E-state index in [2.05, 4.69) is 38.3 Å². The van der Waals surface area contributed by atoms with Gasteiger partial charge in [0.2, 0.25) is 5.91 Å². The van der Waals surface area contributed by atoms with Gasteiger partial charge in [0.15, 0.2) is 0 Å². The smallest absolute Gasteiger partial charge is 0.341 e. The van der Waals surface area contributed by atoms with E-state index in [4.69, 9.17) is 4.74 Å². The standard InChI is InChI=1S/C20H24N2O3S2/c1-19(2)11-13-15(18(24)25-5)17(27-16(13)20(3,4)22-19)21-14(23)9-8-12-7-6-10-26-12/h6-10,22H,11H2,1-5H3,(H,21,23). The van der Waals surface area contributed by atoms with Gasteiger partial charge in [0.25, 0.3) is 0 Å². The topological polar surface area (TPSA) is 67.4 Å². The molecule has 0 saturated carbocycles. The molecule has 0 aliphatic carbocycles. The van der Waals surface area contributed by atoms with Crippen molar-refractivity contribution in [2.24, 2.45) is 0 Å². The van der Waals surface area contributed by atoms with E-state index in [9.17, 15) is 9.59 Å². The number of carbonyl (C=O) groups is 2. The molecular formula is C20H24N2O3S2. The van der Waals surface area contributed by atoms with E-state index in [-0.39, 0.29) is 17.0 Å². The second-order valence-corrected chi connectivity index (χ2v) is 9.75. The lowest BCUT2D eigenvalue weighted by atomic mass is 9.81. The maximum absolute atomic E-state index is 12.5. The van der Waals surface area contributed by atoms with Gasteiger partial charge in [0.05, 0.1) is 12.7 Å². The van der Waals surface area contributed by atoms with Crippen molar-refractivity contribution in [3.8, 4) is 0 Å². The second kappa shape index (κ2) is 7.22. The van der Waals surface area contributed by atoms with Gasteiger partial charge < -0.3 is 15.4 Å². The molecule has 1 amide bonds. The lowest BCUT2D eigenvalue weighted by molar-refractivity contribution is -0.111. The number of esters is 1.